The Morgan fingerprint density at radius 3 is 2.69 bits per heavy atom. The van der Waals surface area contributed by atoms with Crippen LogP contribution in [0.3, 0.4) is 0 Å². The minimum absolute atomic E-state index is 0.0181. The van der Waals surface area contributed by atoms with Crippen LogP contribution < -0.4 is 15.0 Å². The number of hydrogen-bond donors (Lipinski definition) is 1. The third-order valence-electron chi connectivity index (χ3n) is 5.31. The molecule has 4 rings (SSSR count). The molecule has 0 atom stereocenters. The molecule has 0 radical (unpaired) electrons. The predicted octanol–water partition coefficient (Wildman–Crippen LogP) is 4.40. The van der Waals surface area contributed by atoms with Gasteiger partial charge < -0.3 is 15.0 Å². The molecule has 1 N–H and O–H groups in total. The first-order valence-corrected chi connectivity index (χ1v) is 9.67. The van der Waals surface area contributed by atoms with Crippen molar-refractivity contribution >= 4 is 34.0 Å². The summed E-state index contributed by atoms with van der Waals surface area (Å²) in [7, 11) is 1.74. The molecule has 0 aromatic heterocycles. The second-order valence-electron chi connectivity index (χ2n) is 8.08. The van der Waals surface area contributed by atoms with Gasteiger partial charge in [-0.3, -0.25) is 9.59 Å². The first-order valence-electron chi connectivity index (χ1n) is 9.67. The Bertz CT molecular complexity index is 1100. The summed E-state index contributed by atoms with van der Waals surface area (Å²) in [6, 6.07) is 19.4. The van der Waals surface area contributed by atoms with Gasteiger partial charge in [0.1, 0.15) is 12.4 Å². The molecule has 0 spiro atoms. The van der Waals surface area contributed by atoms with E-state index in [-0.39, 0.29) is 18.2 Å². The molecule has 2 amide bonds. The van der Waals surface area contributed by atoms with Crippen LogP contribution in [0.5, 0.6) is 5.75 Å². The number of nitrogens with zero attached hydrogens (tertiary/aromatic N) is 1. The highest BCUT2D eigenvalue weighted by atomic mass is 16.5. The highest BCUT2D eigenvalue weighted by Crippen LogP contribution is 2.37. The molecule has 1 aliphatic rings. The Labute approximate surface area is 170 Å². The van der Waals surface area contributed by atoms with Crippen molar-refractivity contribution in [3.63, 3.8) is 0 Å². The molecule has 148 valence electrons. The van der Waals surface area contributed by atoms with E-state index in [1.54, 1.807) is 30.1 Å². The maximum absolute atomic E-state index is 12.7. The molecular weight excluding hydrogens is 364 g/mol. The molecule has 3 aromatic rings. The monoisotopic (exact) mass is 388 g/mol. The lowest BCUT2D eigenvalue weighted by atomic mass is 9.93. The molecule has 0 fully saturated rings. The van der Waals surface area contributed by atoms with Crippen LogP contribution in [0.1, 0.15) is 19.4 Å². The number of benzene rings is 3. The molecule has 0 aliphatic carbocycles. The minimum atomic E-state index is -0.606. The van der Waals surface area contributed by atoms with E-state index in [1.165, 1.54) is 0 Å². The van der Waals surface area contributed by atoms with Crippen LogP contribution in [0, 0.1) is 5.41 Å². The highest BCUT2D eigenvalue weighted by molar-refractivity contribution is 6.01. The van der Waals surface area contributed by atoms with E-state index in [1.807, 2.05) is 56.3 Å². The number of carbonyl (C=O) groups excluding carboxylic acids is 2. The SMILES string of the molecule is CN1C(=O)C(C)(C)COc2ccc(NC(=O)Cc3cccc4ccccc34)cc21. The van der Waals surface area contributed by atoms with Crippen molar-refractivity contribution in [2.45, 2.75) is 20.3 Å². The average molecular weight is 388 g/mol. The Morgan fingerprint density at radius 2 is 1.86 bits per heavy atom. The van der Waals surface area contributed by atoms with Crippen LogP contribution in [0.2, 0.25) is 0 Å². The number of hydrogen-bond acceptors (Lipinski definition) is 3. The Morgan fingerprint density at radius 1 is 1.10 bits per heavy atom. The normalized spacial score (nSPS) is 15.4. The lowest BCUT2D eigenvalue weighted by molar-refractivity contribution is -0.127. The van der Waals surface area contributed by atoms with E-state index < -0.39 is 5.41 Å². The summed E-state index contributed by atoms with van der Waals surface area (Å²) in [5.74, 6) is 0.513. The average Bonchev–Trinajstić information content (AvgIpc) is 2.79. The summed E-state index contributed by atoms with van der Waals surface area (Å²) in [6.45, 7) is 4.05. The maximum atomic E-state index is 12.7. The topological polar surface area (TPSA) is 58.6 Å². The Hall–Kier alpha value is -3.34. The number of amides is 2. The molecular formula is C24H24N2O3. The third-order valence-corrected chi connectivity index (χ3v) is 5.31. The van der Waals surface area contributed by atoms with Gasteiger partial charge >= 0.3 is 0 Å². The summed E-state index contributed by atoms with van der Waals surface area (Å²) in [5.41, 5.74) is 1.67. The standard InChI is InChI=1S/C24H24N2O3/c1-24(2)15-29-21-12-11-18(14-20(21)26(3)23(24)28)25-22(27)13-17-9-6-8-16-7-4-5-10-19(16)17/h4-12,14H,13,15H2,1-3H3,(H,25,27). The molecule has 0 bridgehead atoms. The van der Waals surface area contributed by atoms with E-state index in [0.29, 0.717) is 23.7 Å². The zero-order chi connectivity index (χ0) is 20.6. The highest BCUT2D eigenvalue weighted by Gasteiger charge is 2.36. The van der Waals surface area contributed by atoms with Crippen molar-refractivity contribution in [3.8, 4) is 5.75 Å². The molecule has 0 saturated carbocycles. The van der Waals surface area contributed by atoms with Crippen LogP contribution in [0.25, 0.3) is 10.8 Å². The van der Waals surface area contributed by atoms with Crippen LogP contribution in [-0.2, 0) is 16.0 Å². The smallest absolute Gasteiger partial charge is 0.235 e. The number of carbonyl (C=O) groups is 2. The van der Waals surface area contributed by atoms with Crippen LogP contribution >= 0.6 is 0 Å². The second-order valence-corrected chi connectivity index (χ2v) is 8.08. The van der Waals surface area contributed by atoms with Crippen molar-refractivity contribution < 1.29 is 14.3 Å². The third kappa shape index (κ3) is 3.68. The Balaban J connectivity index is 1.55. The zero-order valence-electron chi connectivity index (χ0n) is 16.9. The molecule has 0 saturated heterocycles. The molecule has 29 heavy (non-hydrogen) atoms. The van der Waals surface area contributed by atoms with Gasteiger partial charge in [-0.1, -0.05) is 42.5 Å². The lowest BCUT2D eigenvalue weighted by Crippen LogP contribution is -2.39. The largest absolute Gasteiger partial charge is 0.490 e. The first kappa shape index (κ1) is 19.0. The maximum Gasteiger partial charge on any atom is 0.235 e. The Kier molecular flexibility index (Phi) is 4.74. The summed E-state index contributed by atoms with van der Waals surface area (Å²) >= 11 is 0. The molecule has 1 aliphatic heterocycles. The van der Waals surface area contributed by atoms with E-state index in [4.69, 9.17) is 4.74 Å². The van der Waals surface area contributed by atoms with Crippen molar-refractivity contribution in [2.75, 3.05) is 23.9 Å². The van der Waals surface area contributed by atoms with Crippen LogP contribution in [0.15, 0.2) is 60.7 Å². The van der Waals surface area contributed by atoms with Gasteiger partial charge in [0, 0.05) is 12.7 Å². The molecule has 0 unspecified atom stereocenters. The van der Waals surface area contributed by atoms with Gasteiger partial charge in [-0.25, -0.2) is 0 Å². The van der Waals surface area contributed by atoms with Gasteiger partial charge in [0.15, 0.2) is 0 Å². The fourth-order valence-electron chi connectivity index (χ4n) is 3.69. The fourth-order valence-corrected chi connectivity index (χ4v) is 3.69. The van der Waals surface area contributed by atoms with Gasteiger partial charge in [-0.15, -0.1) is 0 Å². The number of fused-ring (bicyclic) bond motifs is 2. The minimum Gasteiger partial charge on any atom is -0.490 e. The van der Waals surface area contributed by atoms with Crippen molar-refractivity contribution in [2.24, 2.45) is 5.41 Å². The summed E-state index contributed by atoms with van der Waals surface area (Å²) in [6.07, 6.45) is 0.275. The van der Waals surface area contributed by atoms with E-state index in [2.05, 4.69) is 5.32 Å². The molecule has 3 aromatic carbocycles. The van der Waals surface area contributed by atoms with E-state index >= 15 is 0 Å². The quantitative estimate of drug-likeness (QED) is 0.723. The molecule has 1 heterocycles. The second kappa shape index (κ2) is 7.24. The van der Waals surface area contributed by atoms with Gasteiger partial charge in [0.2, 0.25) is 11.8 Å². The lowest BCUT2D eigenvalue weighted by Gasteiger charge is -2.24. The van der Waals surface area contributed by atoms with Gasteiger partial charge in [-0.05, 0) is 48.4 Å². The summed E-state index contributed by atoms with van der Waals surface area (Å²) < 4.78 is 5.83. The van der Waals surface area contributed by atoms with Crippen molar-refractivity contribution in [3.05, 3.63) is 66.2 Å². The van der Waals surface area contributed by atoms with Gasteiger partial charge in [-0.2, -0.15) is 0 Å². The van der Waals surface area contributed by atoms with E-state index in [0.717, 1.165) is 16.3 Å². The fraction of sp³-hybridized carbons (Fsp3) is 0.250. The van der Waals surface area contributed by atoms with Crippen molar-refractivity contribution in [1.82, 2.24) is 0 Å². The first-order chi connectivity index (χ1) is 13.8. The number of nitrogens with one attached hydrogen (secondary N) is 1. The summed E-state index contributed by atoms with van der Waals surface area (Å²) in [5, 5.41) is 5.14. The molecule has 5 nitrogen and oxygen atoms in total. The van der Waals surface area contributed by atoms with E-state index in [9.17, 15) is 9.59 Å². The van der Waals surface area contributed by atoms with Gasteiger partial charge in [0.25, 0.3) is 0 Å². The number of anilines is 2. The molecule has 5 heteroatoms. The van der Waals surface area contributed by atoms with Crippen LogP contribution in [-0.4, -0.2) is 25.5 Å². The van der Waals surface area contributed by atoms with Crippen LogP contribution in [0.4, 0.5) is 11.4 Å². The predicted molar refractivity (Wildman–Crippen MR) is 115 cm³/mol. The number of rotatable bonds is 3. The zero-order valence-corrected chi connectivity index (χ0v) is 16.9. The van der Waals surface area contributed by atoms with Crippen molar-refractivity contribution in [1.29, 1.82) is 0 Å². The summed E-state index contributed by atoms with van der Waals surface area (Å²) in [4.78, 5) is 27.0. The van der Waals surface area contributed by atoms with Gasteiger partial charge in [0.05, 0.1) is 17.5 Å². The number of ether oxygens (including phenoxy) is 1.